The average molecular weight is 348 g/mol. The van der Waals surface area contributed by atoms with Gasteiger partial charge in [0.25, 0.3) is 5.91 Å². The van der Waals surface area contributed by atoms with Crippen molar-refractivity contribution in [2.45, 2.75) is 45.4 Å². The van der Waals surface area contributed by atoms with Gasteiger partial charge < -0.3 is 10.2 Å². The first-order valence-corrected chi connectivity index (χ1v) is 9.21. The van der Waals surface area contributed by atoms with E-state index >= 15 is 0 Å². The molecular formula is C22H24N2O2. The first-order chi connectivity index (χ1) is 12.3. The molecule has 2 amide bonds. The molecule has 0 aliphatic carbocycles. The van der Waals surface area contributed by atoms with Gasteiger partial charge in [0.1, 0.15) is 0 Å². The molecule has 4 rings (SSSR count). The van der Waals surface area contributed by atoms with Crippen LogP contribution in [-0.4, -0.2) is 18.4 Å². The van der Waals surface area contributed by atoms with Crippen LogP contribution in [0.2, 0.25) is 0 Å². The summed E-state index contributed by atoms with van der Waals surface area (Å²) in [5, 5.41) is 3.03. The summed E-state index contributed by atoms with van der Waals surface area (Å²) < 4.78 is 0. The van der Waals surface area contributed by atoms with Gasteiger partial charge in [-0.2, -0.15) is 0 Å². The number of benzene rings is 2. The summed E-state index contributed by atoms with van der Waals surface area (Å²) in [5.41, 5.74) is 6.16. The van der Waals surface area contributed by atoms with Crippen molar-refractivity contribution in [3.63, 3.8) is 0 Å². The maximum atomic E-state index is 12.6. The third-order valence-corrected chi connectivity index (χ3v) is 5.32. The van der Waals surface area contributed by atoms with E-state index in [0.29, 0.717) is 12.0 Å². The van der Waals surface area contributed by atoms with E-state index in [9.17, 15) is 9.59 Å². The highest BCUT2D eigenvalue weighted by atomic mass is 16.2. The molecule has 4 heteroatoms. The van der Waals surface area contributed by atoms with Crippen molar-refractivity contribution in [1.29, 1.82) is 0 Å². The summed E-state index contributed by atoms with van der Waals surface area (Å²) in [7, 11) is 0. The molecule has 0 bridgehead atoms. The van der Waals surface area contributed by atoms with Gasteiger partial charge in [0.2, 0.25) is 5.91 Å². The maximum absolute atomic E-state index is 12.6. The van der Waals surface area contributed by atoms with Crippen molar-refractivity contribution >= 4 is 23.2 Å². The molecule has 4 nitrogen and oxygen atoms in total. The number of nitrogens with zero attached hydrogens (tertiary/aromatic N) is 1. The highest BCUT2D eigenvalue weighted by Crippen LogP contribution is 2.38. The molecule has 0 saturated heterocycles. The molecule has 0 fully saturated rings. The lowest BCUT2D eigenvalue weighted by atomic mass is 9.86. The van der Waals surface area contributed by atoms with E-state index in [-0.39, 0.29) is 17.2 Å². The zero-order valence-electron chi connectivity index (χ0n) is 15.6. The number of nitrogens with one attached hydrogen (secondary N) is 1. The van der Waals surface area contributed by atoms with Crippen LogP contribution in [0, 0.1) is 0 Å². The number of rotatable bonds is 2. The monoisotopic (exact) mass is 348 g/mol. The fourth-order valence-corrected chi connectivity index (χ4v) is 3.85. The third-order valence-electron chi connectivity index (χ3n) is 5.32. The zero-order valence-corrected chi connectivity index (χ0v) is 15.6. The molecule has 2 aliphatic rings. The molecule has 2 aromatic rings. The fraction of sp³-hybridized carbons (Fsp3) is 0.364. The van der Waals surface area contributed by atoms with Crippen LogP contribution in [0.25, 0.3) is 0 Å². The lowest BCUT2D eigenvalue weighted by Gasteiger charge is -2.25. The molecule has 0 radical (unpaired) electrons. The van der Waals surface area contributed by atoms with Gasteiger partial charge in [0, 0.05) is 24.2 Å². The second kappa shape index (κ2) is 5.97. The summed E-state index contributed by atoms with van der Waals surface area (Å²) in [5.74, 6) is 0.117. The minimum Gasteiger partial charge on any atom is -0.322 e. The molecule has 1 N–H and O–H groups in total. The topological polar surface area (TPSA) is 49.4 Å². The Balaban J connectivity index is 1.57. The number of hydrogen-bond acceptors (Lipinski definition) is 2. The third kappa shape index (κ3) is 2.90. The van der Waals surface area contributed by atoms with Gasteiger partial charge in [-0.15, -0.1) is 0 Å². The van der Waals surface area contributed by atoms with E-state index in [1.807, 2.05) is 41.3 Å². The van der Waals surface area contributed by atoms with Crippen LogP contribution in [0.1, 0.15) is 54.2 Å². The Morgan fingerprint density at radius 2 is 1.65 bits per heavy atom. The van der Waals surface area contributed by atoms with E-state index in [4.69, 9.17) is 0 Å². The molecule has 2 aromatic carbocycles. The minimum absolute atomic E-state index is 0.0704. The predicted octanol–water partition coefficient (Wildman–Crippen LogP) is 4.07. The van der Waals surface area contributed by atoms with E-state index < -0.39 is 0 Å². The van der Waals surface area contributed by atoms with Crippen LogP contribution in [-0.2, 0) is 23.1 Å². The van der Waals surface area contributed by atoms with Gasteiger partial charge in [-0.1, -0.05) is 32.9 Å². The highest BCUT2D eigenvalue weighted by molar-refractivity contribution is 6.05. The molecule has 2 heterocycles. The van der Waals surface area contributed by atoms with Crippen molar-refractivity contribution in [3.8, 4) is 0 Å². The van der Waals surface area contributed by atoms with E-state index in [1.54, 1.807) is 0 Å². The van der Waals surface area contributed by atoms with Crippen LogP contribution < -0.4 is 10.2 Å². The van der Waals surface area contributed by atoms with E-state index in [2.05, 4.69) is 26.1 Å². The largest absolute Gasteiger partial charge is 0.322 e. The molecule has 0 saturated carbocycles. The summed E-state index contributed by atoms with van der Waals surface area (Å²) in [6.45, 7) is 7.23. The normalized spacial score (nSPS) is 15.8. The molecule has 0 aromatic heterocycles. The number of aryl methyl sites for hydroxylation is 1. The van der Waals surface area contributed by atoms with Crippen LogP contribution in [0.15, 0.2) is 36.4 Å². The van der Waals surface area contributed by atoms with Crippen LogP contribution in [0.4, 0.5) is 11.4 Å². The lowest BCUT2D eigenvalue weighted by Crippen LogP contribution is -2.32. The van der Waals surface area contributed by atoms with Gasteiger partial charge in [0.05, 0.1) is 5.69 Å². The second-order valence-corrected chi connectivity index (χ2v) is 8.22. The van der Waals surface area contributed by atoms with Gasteiger partial charge in [-0.25, -0.2) is 0 Å². The number of carbonyl (C=O) groups is 2. The molecule has 134 valence electrons. The smallest absolute Gasteiger partial charge is 0.255 e. The number of amides is 2. The molecule has 2 aliphatic heterocycles. The zero-order chi connectivity index (χ0) is 18.5. The van der Waals surface area contributed by atoms with Crippen molar-refractivity contribution in [2.24, 2.45) is 0 Å². The summed E-state index contributed by atoms with van der Waals surface area (Å²) in [6, 6.07) is 11.8. The second-order valence-electron chi connectivity index (χ2n) is 8.22. The first kappa shape index (κ1) is 16.8. The van der Waals surface area contributed by atoms with Crippen molar-refractivity contribution in [1.82, 2.24) is 0 Å². The Labute approximate surface area is 154 Å². The van der Waals surface area contributed by atoms with Gasteiger partial charge >= 0.3 is 0 Å². The Morgan fingerprint density at radius 3 is 2.31 bits per heavy atom. The van der Waals surface area contributed by atoms with Crippen molar-refractivity contribution in [3.05, 3.63) is 58.7 Å². The summed E-state index contributed by atoms with van der Waals surface area (Å²) in [6.07, 6.45) is 2.16. The standard InChI is InChI=1S/C22H24N2O2/c1-22(2,3)17-7-4-14(5-8-17)21(26)23-18-12-15-6-9-19(25)24-11-10-16(13-18)20(15)24/h4-5,7-8,12-13H,6,9-11H2,1-3H3,(H,23,26). The van der Waals surface area contributed by atoms with E-state index in [1.165, 1.54) is 5.56 Å². The molecule has 26 heavy (non-hydrogen) atoms. The quantitative estimate of drug-likeness (QED) is 0.889. The summed E-state index contributed by atoms with van der Waals surface area (Å²) >= 11 is 0. The first-order valence-electron chi connectivity index (χ1n) is 9.21. The highest BCUT2D eigenvalue weighted by Gasteiger charge is 2.31. The Bertz CT molecular complexity index is 892. The number of anilines is 2. The van der Waals surface area contributed by atoms with E-state index in [0.717, 1.165) is 41.9 Å². The van der Waals surface area contributed by atoms with Crippen LogP contribution in [0.3, 0.4) is 0 Å². The lowest BCUT2D eigenvalue weighted by molar-refractivity contribution is -0.118. The van der Waals surface area contributed by atoms with Crippen molar-refractivity contribution < 1.29 is 9.59 Å². The minimum atomic E-state index is -0.0978. The Kier molecular flexibility index (Phi) is 3.87. The Morgan fingerprint density at radius 1 is 1.00 bits per heavy atom. The van der Waals surface area contributed by atoms with Gasteiger partial charge in [-0.05, 0) is 59.2 Å². The SMILES string of the molecule is CC(C)(C)c1ccc(C(=O)Nc2cc3c4c(c2)CCN4C(=O)CC3)cc1. The van der Waals surface area contributed by atoms with Crippen LogP contribution >= 0.6 is 0 Å². The Hall–Kier alpha value is -2.62. The predicted molar refractivity (Wildman–Crippen MR) is 104 cm³/mol. The number of hydrogen-bond donors (Lipinski definition) is 1. The molecular weight excluding hydrogens is 324 g/mol. The number of carbonyl (C=O) groups excluding carboxylic acids is 2. The van der Waals surface area contributed by atoms with Gasteiger partial charge in [0.15, 0.2) is 0 Å². The van der Waals surface area contributed by atoms with Crippen molar-refractivity contribution in [2.75, 3.05) is 16.8 Å². The maximum Gasteiger partial charge on any atom is 0.255 e. The summed E-state index contributed by atoms with van der Waals surface area (Å²) in [4.78, 5) is 26.5. The molecule has 0 spiro atoms. The average Bonchev–Trinajstić information content (AvgIpc) is 3.03. The fourth-order valence-electron chi connectivity index (χ4n) is 3.85. The van der Waals surface area contributed by atoms with Crippen LogP contribution in [0.5, 0.6) is 0 Å². The molecule has 0 atom stereocenters. The van der Waals surface area contributed by atoms with Gasteiger partial charge in [-0.3, -0.25) is 9.59 Å². The molecule has 0 unspecified atom stereocenters.